The zero-order valence-corrected chi connectivity index (χ0v) is 13.1. The van der Waals surface area contributed by atoms with E-state index in [-0.39, 0.29) is 17.4 Å². The molecule has 112 valence electrons. The molecule has 1 aromatic rings. The van der Waals surface area contributed by atoms with E-state index in [4.69, 9.17) is 5.11 Å². The Morgan fingerprint density at radius 1 is 1.35 bits per heavy atom. The molecule has 0 aliphatic carbocycles. The van der Waals surface area contributed by atoms with Gasteiger partial charge in [-0.25, -0.2) is 17.9 Å². The van der Waals surface area contributed by atoms with Crippen molar-refractivity contribution >= 4 is 27.8 Å². The van der Waals surface area contributed by atoms with Crippen LogP contribution in [-0.2, 0) is 15.8 Å². The summed E-state index contributed by atoms with van der Waals surface area (Å²) in [4.78, 5) is 10.7. The molecule has 1 unspecified atom stereocenters. The lowest BCUT2D eigenvalue weighted by atomic mass is 10.1. The van der Waals surface area contributed by atoms with Crippen LogP contribution in [0.4, 0.5) is 0 Å². The maximum atomic E-state index is 12.0. The van der Waals surface area contributed by atoms with E-state index in [1.165, 1.54) is 24.3 Å². The monoisotopic (exact) mass is 317 g/mol. The maximum Gasteiger partial charge on any atom is 0.335 e. The average Bonchev–Trinajstić information content (AvgIpc) is 2.38. The molecule has 0 aliphatic heterocycles. The number of nitrogens with one attached hydrogen (secondary N) is 1. The normalized spacial score (nSPS) is 13.1. The molecule has 2 N–H and O–H groups in total. The summed E-state index contributed by atoms with van der Waals surface area (Å²) in [7, 11) is -3.41. The van der Waals surface area contributed by atoms with Gasteiger partial charge in [0.25, 0.3) is 0 Å². The highest BCUT2D eigenvalue weighted by atomic mass is 32.2. The number of sulfonamides is 1. The maximum absolute atomic E-state index is 12.0. The van der Waals surface area contributed by atoms with Gasteiger partial charge < -0.3 is 5.11 Å². The lowest BCUT2D eigenvalue weighted by molar-refractivity contribution is 0.0697. The molecular weight excluding hydrogens is 298 g/mol. The Bertz CT molecular complexity index is 540. The highest BCUT2D eigenvalue weighted by Crippen LogP contribution is 2.10. The Labute approximate surface area is 123 Å². The van der Waals surface area contributed by atoms with Gasteiger partial charge in [0.1, 0.15) is 0 Å². The van der Waals surface area contributed by atoms with Crippen molar-refractivity contribution in [2.24, 2.45) is 0 Å². The number of rotatable bonds is 8. The van der Waals surface area contributed by atoms with E-state index >= 15 is 0 Å². The first kappa shape index (κ1) is 17.0. The predicted molar refractivity (Wildman–Crippen MR) is 81.6 cm³/mol. The minimum absolute atomic E-state index is 0.0757. The van der Waals surface area contributed by atoms with Crippen molar-refractivity contribution in [3.63, 3.8) is 0 Å². The van der Waals surface area contributed by atoms with Crippen LogP contribution in [0.2, 0.25) is 0 Å². The van der Waals surface area contributed by atoms with Crippen LogP contribution in [0.25, 0.3) is 0 Å². The van der Waals surface area contributed by atoms with Crippen molar-refractivity contribution < 1.29 is 18.3 Å². The number of carbonyl (C=O) groups is 1. The number of aromatic carboxylic acids is 1. The number of carboxylic acids is 1. The zero-order valence-electron chi connectivity index (χ0n) is 11.5. The molecule has 0 radical (unpaired) electrons. The van der Waals surface area contributed by atoms with Crippen LogP contribution in [0.5, 0.6) is 0 Å². The summed E-state index contributed by atoms with van der Waals surface area (Å²) >= 11 is 1.59. The minimum Gasteiger partial charge on any atom is -0.478 e. The lowest BCUT2D eigenvalue weighted by Crippen LogP contribution is -2.36. The summed E-state index contributed by atoms with van der Waals surface area (Å²) in [5, 5.41) is 8.79. The van der Waals surface area contributed by atoms with E-state index in [0.717, 1.165) is 12.2 Å². The van der Waals surface area contributed by atoms with Crippen LogP contribution in [0.3, 0.4) is 0 Å². The highest BCUT2D eigenvalue weighted by molar-refractivity contribution is 7.98. The molecule has 1 atom stereocenters. The molecule has 0 amide bonds. The van der Waals surface area contributed by atoms with Crippen LogP contribution in [0.1, 0.15) is 29.3 Å². The summed E-state index contributed by atoms with van der Waals surface area (Å²) in [5.74, 6) is -0.436. The smallest absolute Gasteiger partial charge is 0.335 e. The summed E-state index contributed by atoms with van der Waals surface area (Å²) < 4.78 is 26.7. The third-order valence-electron chi connectivity index (χ3n) is 2.76. The van der Waals surface area contributed by atoms with E-state index in [1.54, 1.807) is 11.8 Å². The molecule has 0 aliphatic rings. The molecule has 0 spiro atoms. The Morgan fingerprint density at radius 3 is 2.40 bits per heavy atom. The van der Waals surface area contributed by atoms with Gasteiger partial charge in [-0.1, -0.05) is 19.1 Å². The van der Waals surface area contributed by atoms with Gasteiger partial charge in [-0.05, 0) is 30.4 Å². The number of hydrogen-bond donors (Lipinski definition) is 2. The van der Waals surface area contributed by atoms with Crippen LogP contribution < -0.4 is 4.72 Å². The number of carboxylic acid groups (broad SMARTS) is 1. The summed E-state index contributed by atoms with van der Waals surface area (Å²) in [6.45, 7) is 1.94. The molecule has 0 saturated carbocycles. The van der Waals surface area contributed by atoms with Gasteiger partial charge in [0.05, 0.1) is 11.3 Å². The molecule has 0 heterocycles. The average molecular weight is 317 g/mol. The fraction of sp³-hybridized carbons (Fsp3) is 0.462. The third-order valence-corrected chi connectivity index (χ3v) is 4.91. The molecule has 0 bridgehead atoms. The number of benzene rings is 1. The predicted octanol–water partition coefficient (Wildman–Crippen LogP) is 1.95. The van der Waals surface area contributed by atoms with E-state index in [0.29, 0.717) is 5.56 Å². The first-order valence-electron chi connectivity index (χ1n) is 6.19. The fourth-order valence-corrected chi connectivity index (χ4v) is 3.99. The lowest BCUT2D eigenvalue weighted by Gasteiger charge is -2.15. The highest BCUT2D eigenvalue weighted by Gasteiger charge is 2.17. The Hall–Kier alpha value is -1.05. The quantitative estimate of drug-likeness (QED) is 0.765. The van der Waals surface area contributed by atoms with Crippen molar-refractivity contribution in [3.8, 4) is 0 Å². The van der Waals surface area contributed by atoms with E-state index < -0.39 is 16.0 Å². The Kier molecular flexibility index (Phi) is 6.51. The standard InChI is InChI=1S/C13H19NO4S2/c1-3-12(8-19-2)14-20(17,18)9-10-4-6-11(7-5-10)13(15)16/h4-7,12,14H,3,8-9H2,1-2H3,(H,15,16). The van der Waals surface area contributed by atoms with Gasteiger partial charge in [-0.2, -0.15) is 11.8 Å². The molecule has 5 nitrogen and oxygen atoms in total. The summed E-state index contributed by atoms with van der Waals surface area (Å²) in [6, 6.07) is 5.79. The van der Waals surface area contributed by atoms with Crippen LogP contribution >= 0.6 is 11.8 Å². The van der Waals surface area contributed by atoms with Gasteiger partial charge in [0.15, 0.2) is 0 Å². The summed E-state index contributed by atoms with van der Waals surface area (Å²) in [6.07, 6.45) is 2.67. The zero-order chi connectivity index (χ0) is 15.2. The molecular formula is C13H19NO4S2. The molecule has 1 rings (SSSR count). The molecule has 0 fully saturated rings. The number of hydrogen-bond acceptors (Lipinski definition) is 4. The van der Waals surface area contributed by atoms with Crippen molar-refractivity contribution in [3.05, 3.63) is 35.4 Å². The van der Waals surface area contributed by atoms with Gasteiger partial charge in [-0.3, -0.25) is 0 Å². The minimum atomic E-state index is -3.41. The molecule has 0 saturated heterocycles. The third kappa shape index (κ3) is 5.52. The van der Waals surface area contributed by atoms with Crippen LogP contribution in [0, 0.1) is 0 Å². The Balaban J connectivity index is 2.72. The van der Waals surface area contributed by atoms with Crippen molar-refractivity contribution in [1.29, 1.82) is 0 Å². The van der Waals surface area contributed by atoms with Crippen LogP contribution in [0.15, 0.2) is 24.3 Å². The van der Waals surface area contributed by atoms with Crippen molar-refractivity contribution in [2.45, 2.75) is 25.1 Å². The molecule has 1 aromatic carbocycles. The van der Waals surface area contributed by atoms with Crippen LogP contribution in [-0.4, -0.2) is 37.5 Å². The van der Waals surface area contributed by atoms with Crippen molar-refractivity contribution in [1.82, 2.24) is 4.72 Å². The molecule has 7 heteroatoms. The van der Waals surface area contributed by atoms with E-state index in [1.807, 2.05) is 13.2 Å². The second kappa shape index (κ2) is 7.66. The largest absolute Gasteiger partial charge is 0.478 e. The second-order valence-corrected chi connectivity index (χ2v) is 7.10. The topological polar surface area (TPSA) is 83.5 Å². The SMILES string of the molecule is CCC(CSC)NS(=O)(=O)Cc1ccc(C(=O)O)cc1. The summed E-state index contributed by atoms with van der Waals surface area (Å²) in [5.41, 5.74) is 0.717. The van der Waals surface area contributed by atoms with Gasteiger partial charge in [-0.15, -0.1) is 0 Å². The molecule has 20 heavy (non-hydrogen) atoms. The van der Waals surface area contributed by atoms with Gasteiger partial charge in [0, 0.05) is 11.8 Å². The first-order chi connectivity index (χ1) is 9.38. The van der Waals surface area contributed by atoms with Crippen molar-refractivity contribution in [2.75, 3.05) is 12.0 Å². The van der Waals surface area contributed by atoms with E-state index in [9.17, 15) is 13.2 Å². The Morgan fingerprint density at radius 2 is 1.95 bits per heavy atom. The van der Waals surface area contributed by atoms with E-state index in [2.05, 4.69) is 4.72 Å². The fourth-order valence-electron chi connectivity index (χ4n) is 1.69. The van der Waals surface area contributed by atoms with Gasteiger partial charge in [0.2, 0.25) is 10.0 Å². The van der Waals surface area contributed by atoms with Gasteiger partial charge >= 0.3 is 5.97 Å². The second-order valence-electron chi connectivity index (χ2n) is 4.44. The number of thioether (sulfide) groups is 1. The first-order valence-corrected chi connectivity index (χ1v) is 9.23. The molecule has 0 aromatic heterocycles.